The van der Waals surface area contributed by atoms with Crippen LogP contribution >= 0.6 is 15.5 Å². The molecule has 226 valence electrons. The SMILES string of the molecule is Cc1ccccc1OP(=O)(Nc1ccc(NP(=O)(Oc2ccccc2C)Oc2ccccc2C)cc1)Oc1ccccc1C. The van der Waals surface area contributed by atoms with Crippen molar-refractivity contribution in [2.24, 2.45) is 0 Å². The van der Waals surface area contributed by atoms with Gasteiger partial charge in [-0.2, -0.15) is 0 Å². The van der Waals surface area contributed by atoms with Gasteiger partial charge in [-0.3, -0.25) is 10.2 Å². The number of aryl methyl sites for hydroxylation is 4. The Bertz CT molecular complexity index is 1610. The topological polar surface area (TPSA) is 95.1 Å². The third-order valence-corrected chi connectivity index (χ3v) is 9.48. The number of hydrogen-bond donors (Lipinski definition) is 2. The lowest BCUT2D eigenvalue weighted by molar-refractivity contribution is 0.389. The molecular weight excluding hydrogens is 594 g/mol. The van der Waals surface area contributed by atoms with Crippen molar-refractivity contribution in [1.29, 1.82) is 0 Å². The van der Waals surface area contributed by atoms with Gasteiger partial charge < -0.3 is 18.1 Å². The van der Waals surface area contributed by atoms with Crippen LogP contribution < -0.4 is 28.3 Å². The Morgan fingerprint density at radius 3 is 0.841 bits per heavy atom. The number of anilines is 2. The average Bonchev–Trinajstić information content (AvgIpc) is 2.99. The molecule has 5 aromatic rings. The zero-order valence-corrected chi connectivity index (χ0v) is 26.7. The molecule has 0 amide bonds. The number of para-hydroxylation sites is 4. The van der Waals surface area contributed by atoms with Crippen LogP contribution in [0, 0.1) is 27.7 Å². The van der Waals surface area contributed by atoms with E-state index in [9.17, 15) is 9.13 Å². The van der Waals surface area contributed by atoms with Gasteiger partial charge in [0.15, 0.2) is 0 Å². The third kappa shape index (κ3) is 7.84. The molecule has 0 heterocycles. The van der Waals surface area contributed by atoms with Crippen molar-refractivity contribution in [2.45, 2.75) is 27.7 Å². The van der Waals surface area contributed by atoms with E-state index >= 15 is 0 Å². The van der Waals surface area contributed by atoms with Crippen LogP contribution in [0.3, 0.4) is 0 Å². The lowest BCUT2D eigenvalue weighted by Crippen LogP contribution is -2.12. The third-order valence-electron chi connectivity index (χ3n) is 6.67. The van der Waals surface area contributed by atoms with E-state index in [2.05, 4.69) is 10.2 Å². The molecule has 0 atom stereocenters. The lowest BCUT2D eigenvalue weighted by atomic mass is 10.2. The maximum absolute atomic E-state index is 14.2. The van der Waals surface area contributed by atoms with Crippen molar-refractivity contribution >= 4 is 26.9 Å². The molecular formula is C34H34N2O6P2. The van der Waals surface area contributed by atoms with Crippen LogP contribution in [0.4, 0.5) is 11.4 Å². The van der Waals surface area contributed by atoms with Gasteiger partial charge in [-0.05, 0) is 98.5 Å². The van der Waals surface area contributed by atoms with E-state index in [1.807, 2.05) is 76.2 Å². The second-order valence-corrected chi connectivity index (χ2v) is 13.4. The molecule has 0 radical (unpaired) electrons. The summed E-state index contributed by atoms with van der Waals surface area (Å²) in [5.74, 6) is 1.71. The summed E-state index contributed by atoms with van der Waals surface area (Å²) >= 11 is 0. The number of nitrogens with one attached hydrogen (secondary N) is 2. The van der Waals surface area contributed by atoms with E-state index in [1.165, 1.54) is 0 Å². The fourth-order valence-corrected chi connectivity index (χ4v) is 7.26. The largest absolute Gasteiger partial charge is 0.541 e. The maximum Gasteiger partial charge on any atom is 0.541 e. The van der Waals surface area contributed by atoms with Crippen molar-refractivity contribution in [1.82, 2.24) is 0 Å². The minimum atomic E-state index is -3.97. The van der Waals surface area contributed by atoms with Crippen LogP contribution in [-0.2, 0) is 9.13 Å². The van der Waals surface area contributed by atoms with Gasteiger partial charge in [0.05, 0.1) is 0 Å². The predicted molar refractivity (Wildman–Crippen MR) is 176 cm³/mol. The van der Waals surface area contributed by atoms with Gasteiger partial charge in [0, 0.05) is 11.4 Å². The Morgan fingerprint density at radius 1 is 0.386 bits per heavy atom. The van der Waals surface area contributed by atoms with E-state index in [0.717, 1.165) is 22.3 Å². The zero-order chi connectivity index (χ0) is 31.2. The molecule has 0 bridgehead atoms. The van der Waals surface area contributed by atoms with Crippen molar-refractivity contribution < 1.29 is 27.2 Å². The summed E-state index contributed by atoms with van der Waals surface area (Å²) < 4.78 is 52.2. The quantitative estimate of drug-likeness (QED) is 0.132. The van der Waals surface area contributed by atoms with Crippen LogP contribution in [0.25, 0.3) is 0 Å². The molecule has 2 N–H and O–H groups in total. The van der Waals surface area contributed by atoms with E-state index in [1.54, 1.807) is 72.8 Å². The van der Waals surface area contributed by atoms with Gasteiger partial charge in [0.2, 0.25) is 0 Å². The average molecular weight is 629 g/mol. The summed E-state index contributed by atoms with van der Waals surface area (Å²) in [5, 5.41) is 5.89. The highest BCUT2D eigenvalue weighted by molar-refractivity contribution is 7.56. The normalized spacial score (nSPS) is 11.4. The molecule has 0 unspecified atom stereocenters. The Hall–Kier alpha value is -4.64. The van der Waals surface area contributed by atoms with Gasteiger partial charge in [-0.15, -0.1) is 0 Å². The van der Waals surface area contributed by atoms with Gasteiger partial charge in [-0.25, -0.2) is 9.13 Å². The number of hydrogen-bond acceptors (Lipinski definition) is 6. The minimum absolute atomic E-state index is 0.429. The first-order valence-corrected chi connectivity index (χ1v) is 17.1. The molecule has 8 nitrogen and oxygen atoms in total. The Morgan fingerprint density at radius 2 is 0.614 bits per heavy atom. The Kier molecular flexibility index (Phi) is 9.34. The van der Waals surface area contributed by atoms with Crippen molar-refractivity contribution in [3.63, 3.8) is 0 Å². The molecule has 0 aliphatic heterocycles. The summed E-state index contributed by atoms with van der Waals surface area (Å²) in [6, 6.07) is 35.8. The van der Waals surface area contributed by atoms with E-state index in [-0.39, 0.29) is 0 Å². The molecule has 0 spiro atoms. The molecule has 0 aliphatic rings. The van der Waals surface area contributed by atoms with Crippen molar-refractivity contribution in [3.05, 3.63) is 144 Å². The highest BCUT2D eigenvalue weighted by Crippen LogP contribution is 2.51. The van der Waals surface area contributed by atoms with Crippen LogP contribution in [0.2, 0.25) is 0 Å². The molecule has 5 rings (SSSR count). The van der Waals surface area contributed by atoms with Crippen LogP contribution in [0.15, 0.2) is 121 Å². The van der Waals surface area contributed by atoms with Crippen LogP contribution in [0.1, 0.15) is 22.3 Å². The molecule has 10 heteroatoms. The van der Waals surface area contributed by atoms with Gasteiger partial charge in [0.25, 0.3) is 0 Å². The smallest absolute Gasteiger partial charge is 0.400 e. The second-order valence-electron chi connectivity index (χ2n) is 10.2. The van der Waals surface area contributed by atoms with E-state index in [4.69, 9.17) is 18.1 Å². The second kappa shape index (κ2) is 13.3. The van der Waals surface area contributed by atoms with Gasteiger partial charge in [0.1, 0.15) is 23.0 Å². The fraction of sp³-hybridized carbons (Fsp3) is 0.118. The number of benzene rings is 5. The highest BCUT2D eigenvalue weighted by Gasteiger charge is 2.32. The Balaban J connectivity index is 1.40. The van der Waals surface area contributed by atoms with Gasteiger partial charge >= 0.3 is 15.5 Å². The molecule has 0 saturated heterocycles. The predicted octanol–water partition coefficient (Wildman–Crippen LogP) is 10.3. The summed E-state index contributed by atoms with van der Waals surface area (Å²) in [4.78, 5) is 0. The first-order valence-electron chi connectivity index (χ1n) is 14.0. The Labute approximate surface area is 258 Å². The molecule has 44 heavy (non-hydrogen) atoms. The summed E-state index contributed by atoms with van der Waals surface area (Å²) in [5.41, 5.74) is 4.13. The molecule has 0 aromatic heterocycles. The van der Waals surface area contributed by atoms with Crippen molar-refractivity contribution in [2.75, 3.05) is 10.2 Å². The van der Waals surface area contributed by atoms with Crippen LogP contribution in [-0.4, -0.2) is 0 Å². The first kappa shape index (κ1) is 30.8. The minimum Gasteiger partial charge on any atom is -0.400 e. The van der Waals surface area contributed by atoms with Gasteiger partial charge in [-0.1, -0.05) is 72.8 Å². The summed E-state index contributed by atoms with van der Waals surface area (Å²) in [6.45, 7) is 7.46. The molecule has 5 aromatic carbocycles. The molecule has 0 aliphatic carbocycles. The molecule has 0 fully saturated rings. The lowest BCUT2D eigenvalue weighted by Gasteiger charge is -2.24. The zero-order valence-electron chi connectivity index (χ0n) is 24.9. The standard InChI is InChI=1S/C34H34N2O6P2/c1-25-13-5-9-17-31(25)39-43(37,40-32-18-10-6-14-26(32)2)35-29-21-23-30(24-22-29)36-44(38,41-33-19-11-7-15-27(33)3)42-34-20-12-8-16-28(34)4/h5-24H,1-4H3,(H,35,37)(H,36,38). The van der Waals surface area contributed by atoms with E-state index < -0.39 is 15.5 Å². The highest BCUT2D eigenvalue weighted by atomic mass is 31.2. The number of rotatable bonds is 12. The van der Waals surface area contributed by atoms with Crippen molar-refractivity contribution in [3.8, 4) is 23.0 Å². The summed E-state index contributed by atoms with van der Waals surface area (Å²) in [6.07, 6.45) is 0. The van der Waals surface area contributed by atoms with Crippen LogP contribution in [0.5, 0.6) is 23.0 Å². The fourth-order valence-electron chi connectivity index (χ4n) is 4.22. The monoisotopic (exact) mass is 628 g/mol. The summed E-state index contributed by atoms with van der Waals surface area (Å²) in [7, 11) is -7.94. The van der Waals surface area contributed by atoms with E-state index in [0.29, 0.717) is 34.4 Å². The maximum atomic E-state index is 14.2. The molecule has 0 saturated carbocycles. The first-order chi connectivity index (χ1) is 21.1.